The molecule has 8 nitrogen and oxygen atoms in total. The van der Waals surface area contributed by atoms with Crippen molar-refractivity contribution in [2.75, 3.05) is 6.61 Å². The molecule has 2 saturated carbocycles. The molecule has 4 rings (SSSR count). The van der Waals surface area contributed by atoms with Gasteiger partial charge >= 0.3 is 23.9 Å². The molecule has 0 saturated heterocycles. The van der Waals surface area contributed by atoms with E-state index in [-0.39, 0.29) is 30.0 Å². The Balaban J connectivity index is 0.000000280. The van der Waals surface area contributed by atoms with Gasteiger partial charge in [0.15, 0.2) is 0 Å². The van der Waals surface area contributed by atoms with Gasteiger partial charge in [0.2, 0.25) is 0 Å². The lowest BCUT2D eigenvalue weighted by Gasteiger charge is -2.20. The summed E-state index contributed by atoms with van der Waals surface area (Å²) in [5.41, 5.74) is 1.02. The van der Waals surface area contributed by atoms with Crippen molar-refractivity contribution in [1.29, 1.82) is 0 Å². The van der Waals surface area contributed by atoms with Gasteiger partial charge in [0.1, 0.15) is 18.5 Å². The van der Waals surface area contributed by atoms with Crippen LogP contribution < -0.4 is 4.74 Å². The topological polar surface area (TPSA) is 105 Å². The quantitative estimate of drug-likeness (QED) is 0.197. The van der Waals surface area contributed by atoms with Crippen molar-refractivity contribution in [3.63, 3.8) is 0 Å². The molecule has 0 unspecified atom stereocenters. The van der Waals surface area contributed by atoms with Crippen LogP contribution in [-0.4, -0.2) is 36.6 Å². The monoisotopic (exact) mass is 584 g/mol. The fourth-order valence-corrected chi connectivity index (χ4v) is 4.42. The number of hydrogen-bond donors (Lipinski definition) is 0. The molecule has 0 radical (unpaired) electrons. The molecule has 42 heavy (non-hydrogen) atoms. The van der Waals surface area contributed by atoms with E-state index in [1.54, 1.807) is 12.1 Å². The summed E-state index contributed by atoms with van der Waals surface area (Å²) < 4.78 is 19.6. The SMILES string of the molecule is CC(=O)OC1CCCCC1.CC(=O)OCC1CCCCC1.CC(=O)OCc1ccccc1.CC(=O)Oc1ccccc1. The van der Waals surface area contributed by atoms with Gasteiger partial charge in [0.25, 0.3) is 0 Å². The van der Waals surface area contributed by atoms with Crippen LogP contribution in [0.1, 0.15) is 97.5 Å². The van der Waals surface area contributed by atoms with E-state index in [2.05, 4.69) is 0 Å². The fourth-order valence-electron chi connectivity index (χ4n) is 4.42. The smallest absolute Gasteiger partial charge is 0.308 e. The van der Waals surface area contributed by atoms with Crippen LogP contribution in [0.15, 0.2) is 60.7 Å². The van der Waals surface area contributed by atoms with E-state index in [0.29, 0.717) is 24.9 Å². The number of rotatable bonds is 6. The molecular formula is C34H48O8. The summed E-state index contributed by atoms with van der Waals surface area (Å²) in [6.45, 7) is 6.76. The van der Waals surface area contributed by atoms with Gasteiger partial charge in [-0.05, 0) is 62.1 Å². The zero-order chi connectivity index (χ0) is 31.0. The van der Waals surface area contributed by atoms with Gasteiger partial charge in [-0.1, -0.05) is 74.2 Å². The number of carbonyl (C=O) groups is 4. The van der Waals surface area contributed by atoms with Crippen molar-refractivity contribution in [2.45, 2.75) is 105 Å². The highest BCUT2D eigenvalue weighted by Crippen LogP contribution is 2.23. The maximum Gasteiger partial charge on any atom is 0.308 e. The van der Waals surface area contributed by atoms with Crippen LogP contribution in [0.25, 0.3) is 0 Å². The van der Waals surface area contributed by atoms with Gasteiger partial charge in [0.05, 0.1) is 6.61 Å². The zero-order valence-corrected chi connectivity index (χ0v) is 25.7. The lowest BCUT2D eigenvalue weighted by atomic mass is 9.90. The number of carbonyl (C=O) groups excluding carboxylic acids is 4. The summed E-state index contributed by atoms with van der Waals surface area (Å²) in [5.74, 6) is 0.435. The number of esters is 4. The third-order valence-electron chi connectivity index (χ3n) is 6.42. The van der Waals surface area contributed by atoms with E-state index in [9.17, 15) is 19.2 Å². The Morgan fingerprint density at radius 3 is 1.57 bits per heavy atom. The first-order chi connectivity index (χ1) is 20.2. The first kappa shape index (κ1) is 36.3. The fraction of sp³-hybridized carbons (Fsp3) is 0.529. The van der Waals surface area contributed by atoms with Crippen LogP contribution >= 0.6 is 0 Å². The molecule has 0 atom stereocenters. The van der Waals surface area contributed by atoms with Crippen LogP contribution in [0, 0.1) is 5.92 Å². The minimum absolute atomic E-state index is 0.132. The zero-order valence-electron chi connectivity index (χ0n) is 25.7. The van der Waals surface area contributed by atoms with Crippen LogP contribution in [-0.2, 0) is 40.0 Å². The van der Waals surface area contributed by atoms with E-state index in [0.717, 1.165) is 18.4 Å². The molecule has 232 valence electrons. The van der Waals surface area contributed by atoms with Gasteiger partial charge < -0.3 is 18.9 Å². The molecule has 0 aliphatic heterocycles. The second kappa shape index (κ2) is 22.9. The molecular weight excluding hydrogens is 536 g/mol. The first-order valence-corrected chi connectivity index (χ1v) is 14.9. The Bertz CT molecular complexity index is 1010. The Kier molecular flexibility index (Phi) is 19.9. The summed E-state index contributed by atoms with van der Waals surface area (Å²) in [5, 5.41) is 0. The molecule has 0 aromatic heterocycles. The van der Waals surface area contributed by atoms with E-state index in [1.807, 2.05) is 48.5 Å². The summed E-state index contributed by atoms with van der Waals surface area (Å²) in [6, 6.07) is 18.6. The number of ether oxygens (including phenoxy) is 4. The average molecular weight is 585 g/mol. The lowest BCUT2D eigenvalue weighted by Crippen LogP contribution is -2.18. The molecule has 0 spiro atoms. The predicted molar refractivity (Wildman–Crippen MR) is 162 cm³/mol. The van der Waals surface area contributed by atoms with Gasteiger partial charge in [-0.25, -0.2) is 0 Å². The molecule has 2 aliphatic rings. The Labute approximate surface area is 251 Å². The van der Waals surface area contributed by atoms with Crippen molar-refractivity contribution >= 4 is 23.9 Å². The van der Waals surface area contributed by atoms with E-state index in [1.165, 1.54) is 79.1 Å². The Morgan fingerprint density at radius 1 is 0.595 bits per heavy atom. The van der Waals surface area contributed by atoms with Crippen LogP contribution in [0.3, 0.4) is 0 Å². The third kappa shape index (κ3) is 21.1. The average Bonchev–Trinajstić information content (AvgIpc) is 2.98. The van der Waals surface area contributed by atoms with Crippen molar-refractivity contribution in [1.82, 2.24) is 0 Å². The number of benzene rings is 2. The summed E-state index contributed by atoms with van der Waals surface area (Å²) in [7, 11) is 0. The van der Waals surface area contributed by atoms with Crippen molar-refractivity contribution in [3.05, 3.63) is 66.2 Å². The van der Waals surface area contributed by atoms with E-state index < -0.39 is 0 Å². The minimum atomic E-state index is -0.286. The molecule has 0 N–H and O–H groups in total. The first-order valence-electron chi connectivity index (χ1n) is 14.9. The predicted octanol–water partition coefficient (Wildman–Crippen LogP) is 7.37. The molecule has 2 aromatic rings. The lowest BCUT2D eigenvalue weighted by molar-refractivity contribution is -0.148. The molecule has 0 amide bonds. The third-order valence-corrected chi connectivity index (χ3v) is 6.42. The largest absolute Gasteiger partial charge is 0.466 e. The van der Waals surface area contributed by atoms with Crippen molar-refractivity contribution < 1.29 is 38.1 Å². The van der Waals surface area contributed by atoms with Crippen molar-refractivity contribution in [2.24, 2.45) is 5.92 Å². The molecule has 2 aromatic carbocycles. The van der Waals surface area contributed by atoms with Crippen LogP contribution in [0.5, 0.6) is 5.75 Å². The van der Waals surface area contributed by atoms with E-state index in [4.69, 9.17) is 18.9 Å². The Hall–Kier alpha value is -3.68. The van der Waals surface area contributed by atoms with Gasteiger partial charge in [-0.2, -0.15) is 0 Å². The highest BCUT2D eigenvalue weighted by atomic mass is 16.5. The minimum Gasteiger partial charge on any atom is -0.466 e. The van der Waals surface area contributed by atoms with Gasteiger partial charge in [-0.15, -0.1) is 0 Å². The Morgan fingerprint density at radius 2 is 1.10 bits per heavy atom. The van der Waals surface area contributed by atoms with Gasteiger partial charge in [-0.3, -0.25) is 19.2 Å². The number of hydrogen-bond acceptors (Lipinski definition) is 8. The van der Waals surface area contributed by atoms with E-state index >= 15 is 0 Å². The highest BCUT2D eigenvalue weighted by Gasteiger charge is 2.15. The summed E-state index contributed by atoms with van der Waals surface area (Å²) in [6.07, 6.45) is 12.6. The maximum atomic E-state index is 10.5. The summed E-state index contributed by atoms with van der Waals surface area (Å²) >= 11 is 0. The molecule has 8 heteroatoms. The van der Waals surface area contributed by atoms with Gasteiger partial charge in [0, 0.05) is 27.7 Å². The normalized spacial score (nSPS) is 14.6. The second-order valence-corrected chi connectivity index (χ2v) is 10.3. The van der Waals surface area contributed by atoms with Crippen LogP contribution in [0.4, 0.5) is 0 Å². The molecule has 0 bridgehead atoms. The highest BCUT2D eigenvalue weighted by molar-refractivity contribution is 5.69. The molecule has 2 aliphatic carbocycles. The maximum absolute atomic E-state index is 10.5. The van der Waals surface area contributed by atoms with Crippen LogP contribution in [0.2, 0.25) is 0 Å². The standard InChI is InChI=1S/C9H16O2.C9H10O2.C8H14O2.C8H8O2/c2*1-8(10)11-7-9-5-3-2-4-6-9;2*1-7(9)10-8-5-3-2-4-6-8/h9H,2-7H2,1H3;2-6H,7H2,1H3;8H,2-6H2,1H3;2-6H,1H3. The number of para-hydroxylation sites is 1. The summed E-state index contributed by atoms with van der Waals surface area (Å²) in [4.78, 5) is 41.7. The molecule has 2 fully saturated rings. The van der Waals surface area contributed by atoms with Crippen molar-refractivity contribution in [3.8, 4) is 5.75 Å². The molecule has 0 heterocycles. The second-order valence-electron chi connectivity index (χ2n) is 10.3.